The number of rotatable bonds is 9. The Labute approximate surface area is 187 Å². The molecule has 6 heteroatoms. The van der Waals surface area contributed by atoms with Gasteiger partial charge in [-0.3, -0.25) is 0 Å². The second kappa shape index (κ2) is 11.1. The van der Waals surface area contributed by atoms with Crippen molar-refractivity contribution in [1.82, 2.24) is 15.3 Å². The molecule has 6 nitrogen and oxygen atoms in total. The van der Waals surface area contributed by atoms with E-state index in [1.54, 1.807) is 0 Å². The number of hydrogen-bond donors (Lipinski definition) is 2. The highest BCUT2D eigenvalue weighted by atomic mass is 15.2. The van der Waals surface area contributed by atoms with E-state index in [1.807, 2.05) is 25.1 Å². The number of piperidine rings is 1. The molecule has 0 radical (unpaired) electrons. The molecule has 1 aliphatic rings. The summed E-state index contributed by atoms with van der Waals surface area (Å²) in [7, 11) is 0. The van der Waals surface area contributed by atoms with E-state index >= 15 is 0 Å². The number of benzene rings is 1. The first-order valence-electron chi connectivity index (χ1n) is 11.6. The lowest BCUT2D eigenvalue weighted by Crippen LogP contribution is -2.46. The van der Waals surface area contributed by atoms with Crippen molar-refractivity contribution >= 4 is 17.5 Å². The van der Waals surface area contributed by atoms with Crippen LogP contribution in [0, 0.1) is 24.2 Å². The van der Waals surface area contributed by atoms with E-state index in [9.17, 15) is 5.26 Å². The fourth-order valence-corrected chi connectivity index (χ4v) is 3.96. The van der Waals surface area contributed by atoms with Crippen molar-refractivity contribution in [2.24, 2.45) is 5.92 Å². The zero-order valence-corrected chi connectivity index (χ0v) is 19.4. The Morgan fingerprint density at radius 1 is 1.26 bits per heavy atom. The van der Waals surface area contributed by atoms with Gasteiger partial charge in [0.2, 0.25) is 5.95 Å². The smallest absolute Gasteiger partial charge is 0.229 e. The van der Waals surface area contributed by atoms with Gasteiger partial charge in [-0.2, -0.15) is 10.2 Å². The van der Waals surface area contributed by atoms with E-state index in [1.165, 1.54) is 19.3 Å². The molecule has 0 amide bonds. The Bertz CT molecular complexity index is 901. The lowest BCUT2D eigenvalue weighted by molar-refractivity contribution is 0.404. The number of aromatic nitrogens is 2. The fourth-order valence-electron chi connectivity index (χ4n) is 3.96. The van der Waals surface area contributed by atoms with Crippen LogP contribution in [-0.4, -0.2) is 35.6 Å². The number of anilines is 3. The molecule has 0 unspecified atom stereocenters. The van der Waals surface area contributed by atoms with E-state index in [0.29, 0.717) is 17.6 Å². The van der Waals surface area contributed by atoms with Crippen LogP contribution in [0.25, 0.3) is 0 Å². The standard InChI is InChI=1S/C25H36N6/c1-5-7-21-15-24(31-13-6-8-23(17-31)27-12-11-18(2)3)30-25(28-21)29-22-10-9-19(4)20(14-22)16-26/h9-10,14-15,18,23,27H,5-8,11-13,17H2,1-4H3,(H,28,29,30)/t23-/m1/s1. The van der Waals surface area contributed by atoms with Gasteiger partial charge in [0, 0.05) is 36.6 Å². The third-order valence-electron chi connectivity index (χ3n) is 5.79. The largest absolute Gasteiger partial charge is 0.355 e. The van der Waals surface area contributed by atoms with Gasteiger partial charge >= 0.3 is 0 Å². The predicted octanol–water partition coefficient (Wildman–Crippen LogP) is 4.96. The number of nitrogens with zero attached hydrogens (tertiary/aromatic N) is 4. The Kier molecular flexibility index (Phi) is 8.25. The summed E-state index contributed by atoms with van der Waals surface area (Å²) in [6.45, 7) is 11.7. The van der Waals surface area contributed by atoms with Gasteiger partial charge < -0.3 is 15.5 Å². The Balaban J connectivity index is 1.77. The SMILES string of the molecule is CCCc1cc(N2CCC[C@@H](NCCC(C)C)C2)nc(Nc2ccc(C)c(C#N)c2)n1. The maximum atomic E-state index is 9.33. The zero-order chi connectivity index (χ0) is 22.2. The van der Waals surface area contributed by atoms with Crippen molar-refractivity contribution in [1.29, 1.82) is 5.26 Å². The van der Waals surface area contributed by atoms with Crippen LogP contribution in [0.15, 0.2) is 24.3 Å². The third-order valence-corrected chi connectivity index (χ3v) is 5.79. The van der Waals surface area contributed by atoms with Crippen LogP contribution >= 0.6 is 0 Å². The number of aryl methyl sites for hydroxylation is 2. The van der Waals surface area contributed by atoms with E-state index < -0.39 is 0 Å². The monoisotopic (exact) mass is 420 g/mol. The number of nitriles is 1. The van der Waals surface area contributed by atoms with Crippen LogP contribution in [0.5, 0.6) is 0 Å². The molecule has 0 saturated carbocycles. The molecule has 1 aromatic carbocycles. The summed E-state index contributed by atoms with van der Waals surface area (Å²) in [5, 5.41) is 16.4. The molecule has 1 atom stereocenters. The highest BCUT2D eigenvalue weighted by Gasteiger charge is 2.21. The van der Waals surface area contributed by atoms with Gasteiger partial charge in [-0.15, -0.1) is 0 Å². The van der Waals surface area contributed by atoms with Gasteiger partial charge in [-0.25, -0.2) is 4.98 Å². The van der Waals surface area contributed by atoms with E-state index in [0.717, 1.165) is 61.2 Å². The van der Waals surface area contributed by atoms with Crippen molar-refractivity contribution in [3.63, 3.8) is 0 Å². The van der Waals surface area contributed by atoms with Gasteiger partial charge in [0.1, 0.15) is 5.82 Å². The first-order chi connectivity index (χ1) is 15.0. The summed E-state index contributed by atoms with van der Waals surface area (Å²) in [4.78, 5) is 12.0. The molecule has 1 fully saturated rings. The summed E-state index contributed by atoms with van der Waals surface area (Å²) >= 11 is 0. The minimum atomic E-state index is 0.504. The van der Waals surface area contributed by atoms with Crippen molar-refractivity contribution in [2.45, 2.75) is 65.8 Å². The molecule has 1 aromatic heterocycles. The molecular formula is C25H36N6. The fraction of sp³-hybridized carbons (Fsp3) is 0.560. The van der Waals surface area contributed by atoms with Crippen molar-refractivity contribution in [3.05, 3.63) is 41.1 Å². The molecule has 1 saturated heterocycles. The first-order valence-corrected chi connectivity index (χ1v) is 11.6. The van der Waals surface area contributed by atoms with Crippen molar-refractivity contribution < 1.29 is 0 Å². The molecule has 3 rings (SSSR count). The van der Waals surface area contributed by atoms with Crippen LogP contribution in [0.4, 0.5) is 17.5 Å². The second-order valence-electron chi connectivity index (χ2n) is 8.98. The quantitative estimate of drug-likeness (QED) is 0.597. The highest BCUT2D eigenvalue weighted by molar-refractivity contribution is 5.59. The normalized spacial score (nSPS) is 16.4. The van der Waals surface area contributed by atoms with E-state index in [2.05, 4.69) is 48.4 Å². The second-order valence-corrected chi connectivity index (χ2v) is 8.98. The molecule has 2 aromatic rings. The predicted molar refractivity (Wildman–Crippen MR) is 128 cm³/mol. The van der Waals surface area contributed by atoms with Gasteiger partial charge in [0.25, 0.3) is 0 Å². The Morgan fingerprint density at radius 3 is 2.84 bits per heavy atom. The molecule has 0 bridgehead atoms. The Morgan fingerprint density at radius 2 is 2.10 bits per heavy atom. The van der Waals surface area contributed by atoms with Crippen LogP contribution < -0.4 is 15.5 Å². The van der Waals surface area contributed by atoms with Crippen LogP contribution in [-0.2, 0) is 6.42 Å². The molecular weight excluding hydrogens is 384 g/mol. The van der Waals surface area contributed by atoms with Gasteiger partial charge in [0.15, 0.2) is 0 Å². The van der Waals surface area contributed by atoms with Crippen LogP contribution in [0.2, 0.25) is 0 Å². The average Bonchev–Trinajstić information content (AvgIpc) is 2.75. The molecule has 2 heterocycles. The Hall–Kier alpha value is -2.65. The zero-order valence-electron chi connectivity index (χ0n) is 19.4. The van der Waals surface area contributed by atoms with Crippen molar-refractivity contribution in [3.8, 4) is 6.07 Å². The van der Waals surface area contributed by atoms with Crippen molar-refractivity contribution in [2.75, 3.05) is 29.9 Å². The molecule has 31 heavy (non-hydrogen) atoms. The summed E-state index contributed by atoms with van der Waals surface area (Å²) in [5.41, 5.74) is 3.53. The molecule has 1 aliphatic heterocycles. The lowest BCUT2D eigenvalue weighted by Gasteiger charge is -2.34. The van der Waals surface area contributed by atoms with Crippen LogP contribution in [0.3, 0.4) is 0 Å². The molecule has 0 spiro atoms. The minimum Gasteiger partial charge on any atom is -0.355 e. The van der Waals surface area contributed by atoms with E-state index in [4.69, 9.17) is 9.97 Å². The third kappa shape index (κ3) is 6.67. The molecule has 0 aliphatic carbocycles. The maximum Gasteiger partial charge on any atom is 0.229 e. The van der Waals surface area contributed by atoms with E-state index in [-0.39, 0.29) is 0 Å². The lowest BCUT2D eigenvalue weighted by atomic mass is 10.0. The molecule has 166 valence electrons. The first kappa shape index (κ1) is 23.0. The van der Waals surface area contributed by atoms with Gasteiger partial charge in [-0.1, -0.05) is 33.3 Å². The summed E-state index contributed by atoms with van der Waals surface area (Å²) in [5.74, 6) is 2.31. The highest BCUT2D eigenvalue weighted by Crippen LogP contribution is 2.23. The topological polar surface area (TPSA) is 76.9 Å². The summed E-state index contributed by atoms with van der Waals surface area (Å²) in [6.07, 6.45) is 5.55. The molecule has 2 N–H and O–H groups in total. The number of hydrogen-bond acceptors (Lipinski definition) is 6. The number of nitrogens with one attached hydrogen (secondary N) is 2. The average molecular weight is 421 g/mol. The summed E-state index contributed by atoms with van der Waals surface area (Å²) in [6, 6.07) is 10.7. The maximum absolute atomic E-state index is 9.33. The van der Waals surface area contributed by atoms with Gasteiger partial charge in [0.05, 0.1) is 11.6 Å². The summed E-state index contributed by atoms with van der Waals surface area (Å²) < 4.78 is 0. The minimum absolute atomic E-state index is 0.504. The van der Waals surface area contributed by atoms with Crippen LogP contribution in [0.1, 0.15) is 63.3 Å². The van der Waals surface area contributed by atoms with Gasteiger partial charge in [-0.05, 0) is 62.8 Å².